The van der Waals surface area contributed by atoms with Crippen molar-refractivity contribution in [3.63, 3.8) is 0 Å². The van der Waals surface area contributed by atoms with Gasteiger partial charge in [0.05, 0.1) is 5.56 Å². The van der Waals surface area contributed by atoms with Crippen LogP contribution < -0.4 is 5.32 Å². The van der Waals surface area contributed by atoms with Crippen LogP contribution in [0.3, 0.4) is 0 Å². The molecule has 0 saturated heterocycles. The molecule has 0 radical (unpaired) electrons. The lowest BCUT2D eigenvalue weighted by Gasteiger charge is -2.08. The van der Waals surface area contributed by atoms with Gasteiger partial charge in [0.25, 0.3) is 0 Å². The molecule has 0 aliphatic heterocycles. The number of benzene rings is 1. The van der Waals surface area contributed by atoms with E-state index < -0.39 is 17.6 Å². The third-order valence-electron chi connectivity index (χ3n) is 3.77. The van der Waals surface area contributed by atoms with Gasteiger partial charge in [-0.2, -0.15) is 13.2 Å². The summed E-state index contributed by atoms with van der Waals surface area (Å²) in [7, 11) is 0. The van der Waals surface area contributed by atoms with Gasteiger partial charge in [0.1, 0.15) is 5.82 Å². The molecule has 27 heavy (non-hydrogen) atoms. The van der Waals surface area contributed by atoms with E-state index in [1.807, 2.05) is 28.8 Å². The van der Waals surface area contributed by atoms with E-state index in [9.17, 15) is 18.0 Å². The molecule has 1 amide bonds. The Hall–Kier alpha value is -2.87. The number of fused-ring (bicyclic) bond motifs is 1. The maximum Gasteiger partial charge on any atom is 0.416 e. The van der Waals surface area contributed by atoms with E-state index in [1.165, 1.54) is 6.08 Å². The molecule has 0 fully saturated rings. The lowest BCUT2D eigenvalue weighted by molar-refractivity contribution is -0.137. The molecule has 0 atom stereocenters. The van der Waals surface area contributed by atoms with E-state index in [1.54, 1.807) is 0 Å². The molecule has 1 aromatic carbocycles. The predicted octanol–water partition coefficient (Wildman–Crippen LogP) is 3.77. The number of pyridine rings is 1. The Morgan fingerprint density at radius 3 is 2.81 bits per heavy atom. The van der Waals surface area contributed by atoms with Crippen molar-refractivity contribution in [3.8, 4) is 0 Å². The smallest absolute Gasteiger partial charge is 0.352 e. The quantitative estimate of drug-likeness (QED) is 0.670. The molecule has 0 spiro atoms. The topological polar surface area (TPSA) is 59.3 Å². The highest BCUT2D eigenvalue weighted by atomic mass is 35.5. The Bertz CT molecular complexity index is 998. The van der Waals surface area contributed by atoms with Crippen molar-refractivity contribution >= 4 is 29.2 Å². The lowest BCUT2D eigenvalue weighted by atomic mass is 10.1. The van der Waals surface area contributed by atoms with Crippen molar-refractivity contribution in [2.75, 3.05) is 6.54 Å². The zero-order chi connectivity index (χ0) is 19.4. The van der Waals surface area contributed by atoms with Gasteiger partial charge in [-0.3, -0.25) is 9.20 Å². The Morgan fingerprint density at radius 2 is 2.04 bits per heavy atom. The summed E-state index contributed by atoms with van der Waals surface area (Å²) < 4.78 is 40.1. The zero-order valence-electron chi connectivity index (χ0n) is 13.9. The van der Waals surface area contributed by atoms with E-state index in [-0.39, 0.29) is 10.6 Å². The van der Waals surface area contributed by atoms with E-state index in [0.29, 0.717) is 24.4 Å². The molecule has 0 unspecified atom stereocenters. The largest absolute Gasteiger partial charge is 0.416 e. The third kappa shape index (κ3) is 4.65. The zero-order valence-corrected chi connectivity index (χ0v) is 14.6. The Balaban J connectivity index is 1.59. The van der Waals surface area contributed by atoms with Crippen LogP contribution >= 0.6 is 11.6 Å². The number of hydrogen-bond acceptors (Lipinski definition) is 3. The van der Waals surface area contributed by atoms with Gasteiger partial charge >= 0.3 is 6.18 Å². The molecule has 140 valence electrons. The van der Waals surface area contributed by atoms with Gasteiger partial charge < -0.3 is 5.32 Å². The van der Waals surface area contributed by atoms with E-state index in [0.717, 1.165) is 24.3 Å². The second-order valence-electron chi connectivity index (χ2n) is 5.65. The van der Waals surface area contributed by atoms with E-state index in [4.69, 9.17) is 11.6 Å². The minimum atomic E-state index is -4.48. The number of nitrogens with one attached hydrogen (secondary N) is 1. The molecule has 0 saturated carbocycles. The highest BCUT2D eigenvalue weighted by Crippen LogP contribution is 2.32. The van der Waals surface area contributed by atoms with Gasteiger partial charge in [-0.25, -0.2) is 0 Å². The number of nitrogens with zero attached hydrogens (tertiary/aromatic N) is 3. The fraction of sp³-hybridized carbons (Fsp3) is 0.167. The number of amides is 1. The van der Waals surface area contributed by atoms with Crippen LogP contribution in [0.4, 0.5) is 13.2 Å². The molecule has 0 aliphatic carbocycles. The highest BCUT2D eigenvalue weighted by molar-refractivity contribution is 6.32. The normalized spacial score (nSPS) is 12.0. The highest BCUT2D eigenvalue weighted by Gasteiger charge is 2.30. The van der Waals surface area contributed by atoms with Gasteiger partial charge in [-0.1, -0.05) is 17.7 Å². The van der Waals surface area contributed by atoms with Gasteiger partial charge in [0.2, 0.25) is 5.91 Å². The van der Waals surface area contributed by atoms with Crippen LogP contribution in [0.1, 0.15) is 17.0 Å². The Kier molecular flexibility index (Phi) is 5.46. The molecule has 9 heteroatoms. The second-order valence-corrected chi connectivity index (χ2v) is 6.06. The van der Waals surface area contributed by atoms with Crippen molar-refractivity contribution in [2.45, 2.75) is 12.6 Å². The maximum atomic E-state index is 12.8. The number of alkyl halides is 3. The number of aromatic nitrogens is 3. The first-order chi connectivity index (χ1) is 12.8. The standard InChI is InChI=1S/C18H14ClF3N4O/c19-14-6-5-13(18(20,21)22)11-12(14)4-7-17(27)23-9-8-16-25-24-15-3-1-2-10-26(15)16/h1-7,10-11H,8-9H2,(H,23,27). The van der Waals surface area contributed by atoms with Gasteiger partial charge in [0.15, 0.2) is 5.65 Å². The maximum absolute atomic E-state index is 12.8. The molecule has 2 heterocycles. The first-order valence-corrected chi connectivity index (χ1v) is 8.34. The molecule has 3 rings (SSSR count). The molecular formula is C18H14ClF3N4O. The minimum Gasteiger partial charge on any atom is -0.352 e. The molecule has 2 aromatic heterocycles. The first kappa shape index (κ1) is 18.9. The summed E-state index contributed by atoms with van der Waals surface area (Å²) in [5, 5.41) is 10.8. The van der Waals surface area contributed by atoms with Crippen LogP contribution in [-0.4, -0.2) is 27.0 Å². The lowest BCUT2D eigenvalue weighted by Crippen LogP contribution is -2.24. The SMILES string of the molecule is O=C(C=Cc1cc(C(F)(F)F)ccc1Cl)NCCc1nnc2ccccn12. The number of halogens is 4. The van der Waals surface area contributed by atoms with Crippen LogP contribution in [0.15, 0.2) is 48.7 Å². The van der Waals surface area contributed by atoms with Crippen molar-refractivity contribution < 1.29 is 18.0 Å². The molecule has 3 aromatic rings. The van der Waals surface area contributed by atoms with Crippen LogP contribution in [-0.2, 0) is 17.4 Å². The minimum absolute atomic E-state index is 0.116. The fourth-order valence-corrected chi connectivity index (χ4v) is 2.61. The Morgan fingerprint density at radius 1 is 1.22 bits per heavy atom. The van der Waals surface area contributed by atoms with Gasteiger partial charge in [0, 0.05) is 30.3 Å². The number of carbonyl (C=O) groups excluding carboxylic acids is 1. The van der Waals surface area contributed by atoms with Crippen molar-refractivity contribution in [1.82, 2.24) is 19.9 Å². The fourth-order valence-electron chi connectivity index (χ4n) is 2.43. The van der Waals surface area contributed by atoms with Gasteiger partial charge in [-0.05, 0) is 42.0 Å². The number of rotatable bonds is 5. The molecular weight excluding hydrogens is 381 g/mol. The average Bonchev–Trinajstić information content (AvgIpc) is 3.03. The summed E-state index contributed by atoms with van der Waals surface area (Å²) in [6.07, 6.45) is 0.191. The summed E-state index contributed by atoms with van der Waals surface area (Å²) in [5.41, 5.74) is -0.00588. The van der Waals surface area contributed by atoms with Gasteiger partial charge in [-0.15, -0.1) is 10.2 Å². The predicted molar refractivity (Wildman–Crippen MR) is 95.2 cm³/mol. The summed E-state index contributed by atoms with van der Waals surface area (Å²) >= 11 is 5.89. The van der Waals surface area contributed by atoms with E-state index in [2.05, 4.69) is 15.5 Å². The Labute approximate surface area is 157 Å². The van der Waals surface area contributed by atoms with Crippen LogP contribution in [0, 0.1) is 0 Å². The second kappa shape index (κ2) is 7.79. The molecule has 0 bridgehead atoms. The summed E-state index contributed by atoms with van der Waals surface area (Å²) in [6, 6.07) is 8.45. The summed E-state index contributed by atoms with van der Waals surface area (Å²) in [5.74, 6) is 0.244. The number of hydrogen-bond donors (Lipinski definition) is 1. The van der Waals surface area contributed by atoms with E-state index >= 15 is 0 Å². The van der Waals surface area contributed by atoms with Crippen molar-refractivity contribution in [1.29, 1.82) is 0 Å². The number of carbonyl (C=O) groups is 1. The van der Waals surface area contributed by atoms with Crippen LogP contribution in [0.5, 0.6) is 0 Å². The van der Waals surface area contributed by atoms with Crippen LogP contribution in [0.25, 0.3) is 11.7 Å². The molecule has 0 aliphatic rings. The van der Waals surface area contributed by atoms with Crippen molar-refractivity contribution in [2.24, 2.45) is 0 Å². The van der Waals surface area contributed by atoms with Crippen molar-refractivity contribution in [3.05, 3.63) is 70.6 Å². The molecule has 5 nitrogen and oxygen atoms in total. The van der Waals surface area contributed by atoms with Crippen LogP contribution in [0.2, 0.25) is 5.02 Å². The summed E-state index contributed by atoms with van der Waals surface area (Å²) in [6.45, 7) is 0.301. The summed E-state index contributed by atoms with van der Waals surface area (Å²) in [4.78, 5) is 11.9. The first-order valence-electron chi connectivity index (χ1n) is 7.96. The monoisotopic (exact) mass is 394 g/mol. The average molecular weight is 395 g/mol. The third-order valence-corrected chi connectivity index (χ3v) is 4.11. The molecule has 1 N–H and O–H groups in total.